The van der Waals surface area contributed by atoms with E-state index in [1.807, 2.05) is 37.4 Å². The summed E-state index contributed by atoms with van der Waals surface area (Å²) < 4.78 is 8.15. The lowest BCUT2D eigenvalue weighted by atomic mass is 10.2. The summed E-state index contributed by atoms with van der Waals surface area (Å²) in [5.41, 5.74) is 1.84. The van der Waals surface area contributed by atoms with Crippen molar-refractivity contribution in [3.8, 4) is 11.8 Å². The number of ether oxygens (including phenoxy) is 1. The number of para-hydroxylation sites is 2. The van der Waals surface area contributed by atoms with Crippen molar-refractivity contribution in [1.82, 2.24) is 9.38 Å². The lowest BCUT2D eigenvalue weighted by molar-refractivity contribution is -0.112. The molecule has 3 rings (SSSR count). The van der Waals surface area contributed by atoms with Crippen molar-refractivity contribution in [3.63, 3.8) is 0 Å². The van der Waals surface area contributed by atoms with Gasteiger partial charge in [0.2, 0.25) is 0 Å². The number of benzene rings is 1. The first-order valence-corrected chi connectivity index (χ1v) is 8.69. The highest BCUT2D eigenvalue weighted by Gasteiger charge is 2.13. The van der Waals surface area contributed by atoms with E-state index in [4.69, 9.17) is 4.74 Å². The molecule has 0 bridgehead atoms. The molecule has 0 atom stereocenters. The number of nitrogens with one attached hydrogen (secondary N) is 1. The maximum Gasteiger partial charge on any atom is 0.266 e. The number of nitrogens with zero attached hydrogens (tertiary/aromatic N) is 3. The monoisotopic (exact) mass is 410 g/mol. The van der Waals surface area contributed by atoms with Crippen molar-refractivity contribution >= 4 is 39.2 Å². The van der Waals surface area contributed by atoms with E-state index in [0.717, 1.165) is 10.1 Å². The van der Waals surface area contributed by atoms with Crippen molar-refractivity contribution in [3.05, 3.63) is 64.5 Å². The molecule has 1 N–H and O–H groups in total. The molecule has 2 aromatic heterocycles. The molecule has 130 valence electrons. The quantitative estimate of drug-likeness (QED) is 0.508. The van der Waals surface area contributed by atoms with E-state index in [0.29, 0.717) is 23.7 Å². The van der Waals surface area contributed by atoms with E-state index in [1.54, 1.807) is 28.8 Å². The molecule has 7 heteroatoms. The zero-order valence-corrected chi connectivity index (χ0v) is 15.5. The molecule has 0 aliphatic rings. The van der Waals surface area contributed by atoms with Gasteiger partial charge in [0.25, 0.3) is 5.91 Å². The van der Waals surface area contributed by atoms with Crippen LogP contribution in [0.4, 0.5) is 5.69 Å². The third kappa shape index (κ3) is 3.76. The van der Waals surface area contributed by atoms with Gasteiger partial charge in [0.1, 0.15) is 23.0 Å². The fourth-order valence-corrected chi connectivity index (χ4v) is 2.75. The average molecular weight is 411 g/mol. The van der Waals surface area contributed by atoms with Crippen LogP contribution in [0.15, 0.2) is 58.8 Å². The van der Waals surface area contributed by atoms with Gasteiger partial charge in [-0.2, -0.15) is 5.26 Å². The molecule has 6 nitrogen and oxygen atoms in total. The molecule has 3 aromatic rings. The van der Waals surface area contributed by atoms with Gasteiger partial charge in [-0.25, -0.2) is 4.98 Å². The number of anilines is 1. The van der Waals surface area contributed by atoms with Crippen LogP contribution in [0.5, 0.6) is 5.75 Å². The molecule has 0 radical (unpaired) electrons. The number of amides is 1. The number of fused-ring (bicyclic) bond motifs is 1. The molecule has 26 heavy (non-hydrogen) atoms. The Bertz CT molecular complexity index is 1030. The Labute approximate surface area is 158 Å². The smallest absolute Gasteiger partial charge is 0.266 e. The van der Waals surface area contributed by atoms with Gasteiger partial charge in [-0.15, -0.1) is 0 Å². The van der Waals surface area contributed by atoms with Gasteiger partial charge in [0, 0.05) is 10.7 Å². The van der Waals surface area contributed by atoms with E-state index in [-0.39, 0.29) is 5.57 Å². The van der Waals surface area contributed by atoms with Crippen LogP contribution in [-0.2, 0) is 4.79 Å². The van der Waals surface area contributed by atoms with Crippen LogP contribution in [0, 0.1) is 11.3 Å². The maximum atomic E-state index is 12.5. The molecule has 0 unspecified atom stereocenters. The lowest BCUT2D eigenvalue weighted by Crippen LogP contribution is -2.14. The summed E-state index contributed by atoms with van der Waals surface area (Å²) in [5, 5.41) is 12.1. The number of hydrogen-bond acceptors (Lipinski definition) is 4. The molecule has 0 saturated carbocycles. The van der Waals surface area contributed by atoms with Gasteiger partial charge in [-0.05, 0) is 53.2 Å². The van der Waals surface area contributed by atoms with Crippen LogP contribution in [0.3, 0.4) is 0 Å². The summed E-state index contributed by atoms with van der Waals surface area (Å²) in [4.78, 5) is 16.8. The number of nitriles is 1. The molecule has 0 fully saturated rings. The second-order valence-corrected chi connectivity index (χ2v) is 6.23. The first kappa shape index (κ1) is 17.7. The number of rotatable bonds is 5. The van der Waals surface area contributed by atoms with Crippen LogP contribution in [0.1, 0.15) is 12.6 Å². The number of carbonyl (C=O) groups is 1. The van der Waals surface area contributed by atoms with Crippen molar-refractivity contribution in [2.45, 2.75) is 6.92 Å². The Hall–Kier alpha value is -3.11. The first-order valence-electron chi connectivity index (χ1n) is 7.90. The van der Waals surface area contributed by atoms with Gasteiger partial charge in [-0.3, -0.25) is 9.20 Å². The molecule has 0 saturated heterocycles. The van der Waals surface area contributed by atoms with E-state index < -0.39 is 5.91 Å². The van der Waals surface area contributed by atoms with Crippen LogP contribution >= 0.6 is 15.9 Å². The average Bonchev–Trinajstić information content (AvgIpc) is 3.03. The van der Waals surface area contributed by atoms with Crippen LogP contribution in [-0.4, -0.2) is 21.9 Å². The standard InChI is InChI=1S/C19H15BrN4O2/c1-2-26-17-6-4-3-5-16(17)23-19(25)13(10-21)9-15-11-22-18-8-7-14(20)12-24(15)18/h3-9,11-12H,2H2,1H3,(H,23,25). The summed E-state index contributed by atoms with van der Waals surface area (Å²) in [6, 6.07) is 12.8. The minimum Gasteiger partial charge on any atom is -0.492 e. The van der Waals surface area contributed by atoms with E-state index in [2.05, 4.69) is 26.2 Å². The molecular formula is C19H15BrN4O2. The van der Waals surface area contributed by atoms with Gasteiger partial charge >= 0.3 is 0 Å². The number of halogens is 1. The van der Waals surface area contributed by atoms with Crippen molar-refractivity contribution in [2.75, 3.05) is 11.9 Å². The van der Waals surface area contributed by atoms with Crippen molar-refractivity contribution in [2.24, 2.45) is 0 Å². The Balaban J connectivity index is 1.91. The van der Waals surface area contributed by atoms with Gasteiger partial charge in [-0.1, -0.05) is 12.1 Å². The van der Waals surface area contributed by atoms with Crippen LogP contribution < -0.4 is 10.1 Å². The summed E-state index contributed by atoms with van der Waals surface area (Å²) >= 11 is 3.40. The highest BCUT2D eigenvalue weighted by Crippen LogP contribution is 2.24. The molecule has 0 aliphatic carbocycles. The molecule has 1 amide bonds. The third-order valence-corrected chi connectivity index (χ3v) is 4.06. The lowest BCUT2D eigenvalue weighted by Gasteiger charge is -2.10. The predicted molar refractivity (Wildman–Crippen MR) is 103 cm³/mol. The van der Waals surface area contributed by atoms with Crippen LogP contribution in [0.25, 0.3) is 11.7 Å². The van der Waals surface area contributed by atoms with Gasteiger partial charge in [0.05, 0.1) is 24.2 Å². The maximum absolute atomic E-state index is 12.5. The second-order valence-electron chi connectivity index (χ2n) is 5.31. The Morgan fingerprint density at radius 1 is 1.38 bits per heavy atom. The Morgan fingerprint density at radius 3 is 2.96 bits per heavy atom. The summed E-state index contributed by atoms with van der Waals surface area (Å²) in [5.74, 6) is 0.0453. The largest absolute Gasteiger partial charge is 0.492 e. The number of imidazole rings is 1. The normalized spacial score (nSPS) is 11.2. The Morgan fingerprint density at radius 2 is 2.19 bits per heavy atom. The fourth-order valence-electron chi connectivity index (χ4n) is 2.42. The van der Waals surface area contributed by atoms with Gasteiger partial charge < -0.3 is 10.1 Å². The molecule has 1 aromatic carbocycles. The number of hydrogen-bond donors (Lipinski definition) is 1. The van der Waals surface area contributed by atoms with E-state index in [9.17, 15) is 10.1 Å². The van der Waals surface area contributed by atoms with Gasteiger partial charge in [0.15, 0.2) is 0 Å². The highest BCUT2D eigenvalue weighted by molar-refractivity contribution is 9.10. The number of carbonyl (C=O) groups excluding carboxylic acids is 1. The van der Waals surface area contributed by atoms with Crippen molar-refractivity contribution in [1.29, 1.82) is 5.26 Å². The summed E-state index contributed by atoms with van der Waals surface area (Å²) in [6.45, 7) is 2.34. The topological polar surface area (TPSA) is 79.4 Å². The number of aromatic nitrogens is 2. The minimum absolute atomic E-state index is 0.0296. The van der Waals surface area contributed by atoms with E-state index in [1.165, 1.54) is 6.08 Å². The fraction of sp³-hybridized carbons (Fsp3) is 0.105. The molecule has 2 heterocycles. The second kappa shape index (κ2) is 7.85. The predicted octanol–water partition coefficient (Wildman–Crippen LogP) is 4.04. The Kier molecular flexibility index (Phi) is 5.34. The minimum atomic E-state index is -0.510. The summed E-state index contributed by atoms with van der Waals surface area (Å²) in [7, 11) is 0. The zero-order chi connectivity index (χ0) is 18.5. The van der Waals surface area contributed by atoms with Crippen LogP contribution in [0.2, 0.25) is 0 Å². The molecule has 0 spiro atoms. The molecule has 0 aliphatic heterocycles. The highest BCUT2D eigenvalue weighted by atomic mass is 79.9. The number of pyridine rings is 1. The first-order chi connectivity index (χ1) is 12.6. The van der Waals surface area contributed by atoms with E-state index >= 15 is 0 Å². The summed E-state index contributed by atoms with van der Waals surface area (Å²) in [6.07, 6.45) is 4.94. The molecular weight excluding hydrogens is 396 g/mol. The third-order valence-electron chi connectivity index (χ3n) is 3.59. The zero-order valence-electron chi connectivity index (χ0n) is 13.9. The SMILES string of the molecule is CCOc1ccccc1NC(=O)C(C#N)=Cc1cnc2ccc(Br)cn12. The van der Waals surface area contributed by atoms with Crippen molar-refractivity contribution < 1.29 is 9.53 Å².